The van der Waals surface area contributed by atoms with Crippen LogP contribution in [0.2, 0.25) is 0 Å². The van der Waals surface area contributed by atoms with Crippen LogP contribution in [0.4, 0.5) is 0 Å². The van der Waals surface area contributed by atoms with Crippen LogP contribution in [0.5, 0.6) is 5.75 Å². The highest BCUT2D eigenvalue weighted by molar-refractivity contribution is 5.38. The lowest BCUT2D eigenvalue weighted by Crippen LogP contribution is -2.07. The van der Waals surface area contributed by atoms with Crippen molar-refractivity contribution in [1.29, 1.82) is 0 Å². The van der Waals surface area contributed by atoms with Gasteiger partial charge in [-0.15, -0.1) is 0 Å². The molecule has 0 amide bonds. The van der Waals surface area contributed by atoms with Gasteiger partial charge in [0.15, 0.2) is 5.76 Å². The molecule has 1 atom stereocenters. The third kappa shape index (κ3) is 3.06. The third-order valence-electron chi connectivity index (χ3n) is 3.23. The van der Waals surface area contributed by atoms with E-state index in [0.29, 0.717) is 0 Å². The van der Waals surface area contributed by atoms with Gasteiger partial charge in [-0.3, -0.25) is 10.1 Å². The van der Waals surface area contributed by atoms with E-state index in [9.17, 15) is 20.3 Å². The van der Waals surface area contributed by atoms with Gasteiger partial charge < -0.3 is 10.2 Å². The van der Waals surface area contributed by atoms with Crippen LogP contribution in [0.3, 0.4) is 0 Å². The van der Waals surface area contributed by atoms with Gasteiger partial charge in [0.25, 0.3) is 5.70 Å². The average Bonchev–Trinajstić information content (AvgIpc) is 2.41. The zero-order chi connectivity index (χ0) is 14.7. The minimum absolute atomic E-state index is 0.0588. The van der Waals surface area contributed by atoms with Crippen molar-refractivity contribution in [2.24, 2.45) is 0 Å². The molecule has 2 rings (SSSR count). The molecular formula is C15H15NO4. The molecular weight excluding hydrogens is 258 g/mol. The third-order valence-corrected chi connectivity index (χ3v) is 3.23. The van der Waals surface area contributed by atoms with Gasteiger partial charge in [0.2, 0.25) is 0 Å². The van der Waals surface area contributed by atoms with Crippen molar-refractivity contribution in [3.63, 3.8) is 0 Å². The summed E-state index contributed by atoms with van der Waals surface area (Å²) in [5, 5.41) is 29.5. The molecule has 0 radical (unpaired) electrons. The van der Waals surface area contributed by atoms with Gasteiger partial charge in [-0.25, -0.2) is 0 Å². The highest BCUT2D eigenvalue weighted by Crippen LogP contribution is 2.27. The Morgan fingerprint density at radius 1 is 1.25 bits per heavy atom. The molecule has 0 saturated carbocycles. The normalized spacial score (nSPS) is 18.4. The minimum Gasteiger partial charge on any atom is -0.508 e. The number of nitrogens with zero attached hydrogens (tertiary/aromatic N) is 1. The molecule has 0 spiro atoms. The van der Waals surface area contributed by atoms with E-state index in [1.165, 1.54) is 6.08 Å². The summed E-state index contributed by atoms with van der Waals surface area (Å²) in [6, 6.07) is 6.83. The second-order valence-electron chi connectivity index (χ2n) is 4.72. The van der Waals surface area contributed by atoms with Crippen molar-refractivity contribution in [2.75, 3.05) is 0 Å². The summed E-state index contributed by atoms with van der Waals surface area (Å²) in [7, 11) is 0. The molecule has 1 aliphatic rings. The average molecular weight is 273 g/mol. The SMILES string of the molecule is CC(C=C1C=CC(O)=C([N+](=O)[O-])C1)c1ccc(O)cc1. The van der Waals surface area contributed by atoms with Crippen LogP contribution in [-0.4, -0.2) is 15.1 Å². The Hall–Kier alpha value is -2.56. The molecule has 0 heterocycles. The lowest BCUT2D eigenvalue weighted by molar-refractivity contribution is -0.429. The molecule has 5 nitrogen and oxygen atoms in total. The van der Waals surface area contributed by atoms with Crippen LogP contribution < -0.4 is 0 Å². The largest absolute Gasteiger partial charge is 0.508 e. The van der Waals surface area contributed by atoms with E-state index in [4.69, 9.17) is 0 Å². The molecule has 1 aromatic rings. The van der Waals surface area contributed by atoms with E-state index in [1.807, 2.05) is 25.1 Å². The second kappa shape index (κ2) is 5.61. The van der Waals surface area contributed by atoms with Crippen LogP contribution in [0.15, 0.2) is 59.5 Å². The van der Waals surface area contributed by atoms with Crippen LogP contribution in [0.25, 0.3) is 0 Å². The van der Waals surface area contributed by atoms with Gasteiger partial charge in [-0.1, -0.05) is 31.2 Å². The Balaban J connectivity index is 2.19. The summed E-state index contributed by atoms with van der Waals surface area (Å²) in [5.41, 5.74) is 1.61. The number of nitro groups is 1. The zero-order valence-corrected chi connectivity index (χ0v) is 11.0. The number of aliphatic hydroxyl groups is 1. The number of benzene rings is 1. The fourth-order valence-electron chi connectivity index (χ4n) is 2.09. The van der Waals surface area contributed by atoms with Crippen molar-refractivity contribution in [1.82, 2.24) is 0 Å². The highest BCUT2D eigenvalue weighted by Gasteiger charge is 2.21. The van der Waals surface area contributed by atoms with E-state index < -0.39 is 4.92 Å². The van der Waals surface area contributed by atoms with Crippen LogP contribution >= 0.6 is 0 Å². The molecule has 0 fully saturated rings. The summed E-state index contributed by atoms with van der Waals surface area (Å²) < 4.78 is 0. The monoisotopic (exact) mass is 273 g/mol. The maximum atomic E-state index is 10.8. The summed E-state index contributed by atoms with van der Waals surface area (Å²) >= 11 is 0. The van der Waals surface area contributed by atoms with Gasteiger partial charge in [0, 0.05) is 0 Å². The van der Waals surface area contributed by atoms with E-state index in [0.717, 1.165) is 11.1 Å². The van der Waals surface area contributed by atoms with Crippen molar-refractivity contribution in [2.45, 2.75) is 19.3 Å². The van der Waals surface area contributed by atoms with Gasteiger partial charge in [0.1, 0.15) is 5.75 Å². The lowest BCUT2D eigenvalue weighted by Gasteiger charge is -2.12. The van der Waals surface area contributed by atoms with E-state index in [-0.39, 0.29) is 29.5 Å². The molecule has 20 heavy (non-hydrogen) atoms. The number of phenols is 1. The molecule has 104 valence electrons. The van der Waals surface area contributed by atoms with Crippen molar-refractivity contribution in [3.05, 3.63) is 75.2 Å². The first-order valence-corrected chi connectivity index (χ1v) is 6.21. The molecule has 0 bridgehead atoms. The molecule has 0 aliphatic heterocycles. The first-order valence-electron chi connectivity index (χ1n) is 6.21. The Kier molecular flexibility index (Phi) is 3.89. The van der Waals surface area contributed by atoms with Gasteiger partial charge in [-0.2, -0.15) is 0 Å². The first-order chi connectivity index (χ1) is 9.47. The first kappa shape index (κ1) is 13.9. The minimum atomic E-state index is -0.558. The fraction of sp³-hybridized carbons (Fsp3) is 0.200. The van der Waals surface area contributed by atoms with Crippen LogP contribution in [-0.2, 0) is 0 Å². The fourth-order valence-corrected chi connectivity index (χ4v) is 2.09. The number of rotatable bonds is 3. The molecule has 0 saturated heterocycles. The van der Waals surface area contributed by atoms with E-state index in [1.54, 1.807) is 18.2 Å². The Morgan fingerprint density at radius 2 is 1.90 bits per heavy atom. The molecule has 2 N–H and O–H groups in total. The predicted octanol–water partition coefficient (Wildman–Crippen LogP) is 3.43. The summed E-state index contributed by atoms with van der Waals surface area (Å²) in [4.78, 5) is 10.2. The maximum absolute atomic E-state index is 10.8. The van der Waals surface area contributed by atoms with Gasteiger partial charge in [-0.05, 0) is 35.3 Å². The van der Waals surface area contributed by atoms with Crippen LogP contribution in [0, 0.1) is 10.1 Å². The Bertz CT molecular complexity index is 611. The highest BCUT2D eigenvalue weighted by atomic mass is 16.6. The predicted molar refractivity (Wildman–Crippen MR) is 75.0 cm³/mol. The van der Waals surface area contributed by atoms with E-state index >= 15 is 0 Å². The van der Waals surface area contributed by atoms with Gasteiger partial charge in [0.05, 0.1) is 11.3 Å². The van der Waals surface area contributed by atoms with Crippen molar-refractivity contribution in [3.8, 4) is 5.75 Å². The summed E-state index contributed by atoms with van der Waals surface area (Å²) in [5.74, 6) is -0.0254. The number of hydrogen-bond donors (Lipinski definition) is 2. The Morgan fingerprint density at radius 3 is 2.50 bits per heavy atom. The smallest absolute Gasteiger partial charge is 0.291 e. The molecule has 1 aromatic carbocycles. The summed E-state index contributed by atoms with van der Waals surface area (Å²) in [6.45, 7) is 1.97. The van der Waals surface area contributed by atoms with Crippen LogP contribution in [0.1, 0.15) is 24.8 Å². The number of phenolic OH excluding ortho intramolecular Hbond substituents is 1. The topological polar surface area (TPSA) is 83.6 Å². The Labute approximate surface area is 116 Å². The number of aliphatic hydroxyl groups excluding tert-OH is 1. The summed E-state index contributed by atoms with van der Waals surface area (Å²) in [6.07, 6.45) is 5.05. The quantitative estimate of drug-likeness (QED) is 0.652. The van der Waals surface area contributed by atoms with E-state index in [2.05, 4.69) is 0 Å². The van der Waals surface area contributed by atoms with Gasteiger partial charge >= 0.3 is 0 Å². The zero-order valence-electron chi connectivity index (χ0n) is 11.0. The molecule has 5 heteroatoms. The number of aromatic hydroxyl groups is 1. The number of allylic oxidation sites excluding steroid dienone is 4. The standard InChI is InChI=1S/C15H15NO4/c1-10(12-3-5-13(17)6-4-12)8-11-2-7-15(18)14(9-11)16(19)20/h2-8,10,17-18H,9H2,1H3. The molecule has 0 aromatic heterocycles. The van der Waals surface area contributed by atoms with Crippen molar-refractivity contribution >= 4 is 0 Å². The van der Waals surface area contributed by atoms with Crippen molar-refractivity contribution < 1.29 is 15.1 Å². The maximum Gasteiger partial charge on any atom is 0.291 e. The molecule has 1 aliphatic carbocycles. The number of hydrogen-bond acceptors (Lipinski definition) is 4. The second-order valence-corrected chi connectivity index (χ2v) is 4.72. The lowest BCUT2D eigenvalue weighted by atomic mass is 9.94. The molecule has 1 unspecified atom stereocenters.